The van der Waals surface area contributed by atoms with E-state index in [9.17, 15) is 4.79 Å². The van der Waals surface area contributed by atoms with Gasteiger partial charge in [-0.3, -0.25) is 4.79 Å². The molecule has 1 aliphatic heterocycles. The average molecular weight is 210 g/mol. The van der Waals surface area contributed by atoms with Crippen LogP contribution in [0.2, 0.25) is 0 Å². The van der Waals surface area contributed by atoms with Crippen LogP contribution in [0, 0.1) is 5.92 Å². The van der Waals surface area contributed by atoms with Crippen molar-refractivity contribution < 1.29 is 4.79 Å². The third-order valence-corrected chi connectivity index (χ3v) is 3.72. The number of amides is 1. The molecule has 1 N–H and O–H groups in total. The van der Waals surface area contributed by atoms with Crippen LogP contribution in [-0.2, 0) is 4.79 Å². The van der Waals surface area contributed by atoms with Gasteiger partial charge in [-0.15, -0.1) is 0 Å². The summed E-state index contributed by atoms with van der Waals surface area (Å²) >= 11 is 0. The van der Waals surface area contributed by atoms with Gasteiger partial charge < -0.3 is 10.2 Å². The second-order valence-electron chi connectivity index (χ2n) is 4.93. The van der Waals surface area contributed by atoms with Gasteiger partial charge in [0.1, 0.15) is 0 Å². The maximum absolute atomic E-state index is 11.8. The summed E-state index contributed by atoms with van der Waals surface area (Å²) in [5.74, 6) is 1.26. The number of carbonyl (C=O) groups is 1. The van der Waals surface area contributed by atoms with Gasteiger partial charge in [0.25, 0.3) is 0 Å². The van der Waals surface area contributed by atoms with E-state index in [1.54, 1.807) is 0 Å². The quantitative estimate of drug-likeness (QED) is 0.760. The van der Waals surface area contributed by atoms with E-state index < -0.39 is 0 Å². The molecule has 0 aromatic carbocycles. The Kier molecular flexibility index (Phi) is 3.62. The van der Waals surface area contributed by atoms with E-state index >= 15 is 0 Å². The normalized spacial score (nSPS) is 23.1. The van der Waals surface area contributed by atoms with Gasteiger partial charge >= 0.3 is 0 Å². The molecule has 0 atom stereocenters. The van der Waals surface area contributed by atoms with Gasteiger partial charge in [0.05, 0.1) is 0 Å². The van der Waals surface area contributed by atoms with Gasteiger partial charge in [-0.1, -0.05) is 12.8 Å². The minimum absolute atomic E-state index is 0.386. The molecule has 1 amide bonds. The SMILES string of the molecule is CNC1CCN(C(=O)CCC2CC2)CC1. The van der Waals surface area contributed by atoms with Crippen molar-refractivity contribution in [3.8, 4) is 0 Å². The Hall–Kier alpha value is -0.570. The molecule has 3 heteroatoms. The predicted molar refractivity (Wildman–Crippen MR) is 60.6 cm³/mol. The van der Waals surface area contributed by atoms with Gasteiger partial charge in [-0.25, -0.2) is 0 Å². The molecular formula is C12H22N2O. The first-order valence-corrected chi connectivity index (χ1v) is 6.24. The first kappa shape index (κ1) is 10.9. The van der Waals surface area contributed by atoms with Crippen molar-refractivity contribution in [2.75, 3.05) is 20.1 Å². The van der Waals surface area contributed by atoms with Crippen LogP contribution in [0.25, 0.3) is 0 Å². The van der Waals surface area contributed by atoms with Gasteiger partial charge in [-0.2, -0.15) is 0 Å². The number of rotatable bonds is 4. The molecule has 1 saturated carbocycles. The first-order valence-electron chi connectivity index (χ1n) is 6.24. The van der Waals surface area contributed by atoms with Crippen molar-refractivity contribution in [2.24, 2.45) is 5.92 Å². The molecule has 0 bridgehead atoms. The summed E-state index contributed by atoms with van der Waals surface area (Å²) in [7, 11) is 2.01. The van der Waals surface area contributed by atoms with Gasteiger partial charge in [0.2, 0.25) is 5.91 Å². The van der Waals surface area contributed by atoms with Crippen LogP contribution < -0.4 is 5.32 Å². The number of nitrogens with one attached hydrogen (secondary N) is 1. The average Bonchev–Trinajstić information content (AvgIpc) is 3.10. The Labute approximate surface area is 92.2 Å². The topological polar surface area (TPSA) is 32.3 Å². The zero-order valence-corrected chi connectivity index (χ0v) is 9.67. The molecule has 86 valence electrons. The summed E-state index contributed by atoms with van der Waals surface area (Å²) in [5.41, 5.74) is 0. The van der Waals surface area contributed by atoms with Crippen LogP contribution in [-0.4, -0.2) is 37.0 Å². The van der Waals surface area contributed by atoms with E-state index in [-0.39, 0.29) is 0 Å². The lowest BCUT2D eigenvalue weighted by Gasteiger charge is -2.31. The van der Waals surface area contributed by atoms with Crippen LogP contribution >= 0.6 is 0 Å². The molecule has 0 radical (unpaired) electrons. The highest BCUT2D eigenvalue weighted by molar-refractivity contribution is 5.76. The maximum Gasteiger partial charge on any atom is 0.222 e. The summed E-state index contributed by atoms with van der Waals surface area (Å²) in [5, 5.41) is 3.29. The molecule has 1 aliphatic carbocycles. The van der Waals surface area contributed by atoms with Crippen LogP contribution in [0.1, 0.15) is 38.5 Å². The van der Waals surface area contributed by atoms with E-state index in [1.807, 2.05) is 7.05 Å². The minimum atomic E-state index is 0.386. The number of nitrogens with zero attached hydrogens (tertiary/aromatic N) is 1. The fraction of sp³-hybridized carbons (Fsp3) is 0.917. The molecule has 3 nitrogen and oxygen atoms in total. The zero-order chi connectivity index (χ0) is 10.7. The number of likely N-dealkylation sites (tertiary alicyclic amines) is 1. The highest BCUT2D eigenvalue weighted by atomic mass is 16.2. The van der Waals surface area contributed by atoms with E-state index in [4.69, 9.17) is 0 Å². The van der Waals surface area contributed by atoms with Crippen LogP contribution in [0.3, 0.4) is 0 Å². The van der Waals surface area contributed by atoms with Crippen molar-refractivity contribution in [3.05, 3.63) is 0 Å². The summed E-state index contributed by atoms with van der Waals surface area (Å²) in [6.07, 6.45) is 6.86. The maximum atomic E-state index is 11.8. The van der Waals surface area contributed by atoms with Crippen LogP contribution in [0.4, 0.5) is 0 Å². The fourth-order valence-electron chi connectivity index (χ4n) is 2.31. The lowest BCUT2D eigenvalue weighted by atomic mass is 10.0. The van der Waals surface area contributed by atoms with E-state index in [0.29, 0.717) is 11.9 Å². The van der Waals surface area contributed by atoms with E-state index in [1.165, 1.54) is 12.8 Å². The van der Waals surface area contributed by atoms with Gasteiger partial charge in [0.15, 0.2) is 0 Å². The molecule has 1 saturated heterocycles. The lowest BCUT2D eigenvalue weighted by Crippen LogP contribution is -2.43. The predicted octanol–water partition coefficient (Wildman–Crippen LogP) is 1.39. The number of hydrogen-bond donors (Lipinski definition) is 1. The molecule has 2 fully saturated rings. The third-order valence-electron chi connectivity index (χ3n) is 3.72. The molecule has 2 rings (SSSR count). The van der Waals surface area contributed by atoms with Crippen molar-refractivity contribution in [1.82, 2.24) is 10.2 Å². The summed E-state index contributed by atoms with van der Waals surface area (Å²) in [6, 6.07) is 0.623. The Morgan fingerprint density at radius 3 is 2.47 bits per heavy atom. The summed E-state index contributed by atoms with van der Waals surface area (Å²) < 4.78 is 0. The Balaban J connectivity index is 1.66. The van der Waals surface area contributed by atoms with Crippen molar-refractivity contribution in [2.45, 2.75) is 44.6 Å². The molecule has 0 unspecified atom stereocenters. The Morgan fingerprint density at radius 2 is 1.93 bits per heavy atom. The monoisotopic (exact) mass is 210 g/mol. The van der Waals surface area contributed by atoms with Crippen LogP contribution in [0.5, 0.6) is 0 Å². The number of piperidine rings is 1. The third kappa shape index (κ3) is 3.20. The summed E-state index contributed by atoms with van der Waals surface area (Å²) in [4.78, 5) is 13.9. The second-order valence-corrected chi connectivity index (χ2v) is 4.93. The van der Waals surface area contributed by atoms with Gasteiger partial charge in [0, 0.05) is 25.6 Å². The number of carbonyl (C=O) groups excluding carboxylic acids is 1. The minimum Gasteiger partial charge on any atom is -0.343 e. The standard InChI is InChI=1S/C12H22N2O/c1-13-11-6-8-14(9-7-11)12(15)5-4-10-2-3-10/h10-11,13H,2-9H2,1H3. The Bertz CT molecular complexity index is 218. The zero-order valence-electron chi connectivity index (χ0n) is 9.67. The highest BCUT2D eigenvalue weighted by Crippen LogP contribution is 2.33. The van der Waals surface area contributed by atoms with Crippen LogP contribution in [0.15, 0.2) is 0 Å². The second kappa shape index (κ2) is 4.97. The first-order chi connectivity index (χ1) is 7.29. The molecule has 0 aromatic rings. The fourth-order valence-corrected chi connectivity index (χ4v) is 2.31. The van der Waals surface area contributed by atoms with Crippen molar-refractivity contribution >= 4 is 5.91 Å². The molecule has 0 aromatic heterocycles. The van der Waals surface area contributed by atoms with Gasteiger partial charge in [-0.05, 0) is 32.2 Å². The molecular weight excluding hydrogens is 188 g/mol. The smallest absolute Gasteiger partial charge is 0.222 e. The summed E-state index contributed by atoms with van der Waals surface area (Å²) in [6.45, 7) is 1.91. The van der Waals surface area contributed by atoms with Crippen molar-refractivity contribution in [3.63, 3.8) is 0 Å². The molecule has 0 spiro atoms. The molecule has 15 heavy (non-hydrogen) atoms. The van der Waals surface area contributed by atoms with E-state index in [2.05, 4.69) is 10.2 Å². The Morgan fingerprint density at radius 1 is 1.27 bits per heavy atom. The number of hydrogen-bond acceptors (Lipinski definition) is 2. The molecule has 1 heterocycles. The van der Waals surface area contributed by atoms with E-state index in [0.717, 1.165) is 44.7 Å². The molecule has 2 aliphatic rings. The highest BCUT2D eigenvalue weighted by Gasteiger charge is 2.25. The lowest BCUT2D eigenvalue weighted by molar-refractivity contribution is -0.132. The largest absolute Gasteiger partial charge is 0.343 e. The van der Waals surface area contributed by atoms with Crippen molar-refractivity contribution in [1.29, 1.82) is 0 Å².